The molecule has 1 aromatic rings. The number of aryl methyl sites for hydroxylation is 1. The molecule has 1 aromatic carbocycles. The van der Waals surface area contributed by atoms with Gasteiger partial charge >= 0.3 is 0 Å². The van der Waals surface area contributed by atoms with E-state index >= 15 is 0 Å². The fourth-order valence-corrected chi connectivity index (χ4v) is 1.60. The van der Waals surface area contributed by atoms with Crippen molar-refractivity contribution in [3.63, 3.8) is 0 Å². The molecule has 76 valence electrons. The highest BCUT2D eigenvalue weighted by molar-refractivity contribution is 9.10. The topological polar surface area (TPSA) is 38.3 Å². The fourth-order valence-electron chi connectivity index (χ4n) is 1.11. The van der Waals surface area contributed by atoms with E-state index in [9.17, 15) is 4.79 Å². The van der Waals surface area contributed by atoms with Crippen molar-refractivity contribution in [3.8, 4) is 0 Å². The van der Waals surface area contributed by atoms with Gasteiger partial charge in [0.2, 0.25) is 5.91 Å². The maximum absolute atomic E-state index is 11.1. The van der Waals surface area contributed by atoms with Crippen LogP contribution in [0.15, 0.2) is 28.7 Å². The van der Waals surface area contributed by atoms with Crippen molar-refractivity contribution in [3.05, 3.63) is 34.3 Å². The Bertz CT molecular complexity index is 315. The molecule has 0 heterocycles. The number of rotatable bonds is 4. The lowest BCUT2D eigenvalue weighted by Crippen LogP contribution is -2.21. The number of halogens is 1. The Morgan fingerprint density at radius 2 is 2.21 bits per heavy atom. The smallest absolute Gasteiger partial charge is 0.243 e. The first-order valence-electron chi connectivity index (χ1n) is 4.29. The molecular weight excluding hydrogens is 246 g/mol. The van der Waals surface area contributed by atoms with Gasteiger partial charge in [-0.25, -0.2) is 5.48 Å². The second kappa shape index (κ2) is 5.78. The number of carbonyl (C=O) groups excluding carboxylic acids is 1. The number of amides is 1. The molecule has 1 N–H and O–H groups in total. The molecule has 0 atom stereocenters. The molecule has 3 nitrogen and oxygen atoms in total. The monoisotopic (exact) mass is 257 g/mol. The van der Waals surface area contributed by atoms with Crippen LogP contribution in [0.25, 0.3) is 0 Å². The van der Waals surface area contributed by atoms with Crippen molar-refractivity contribution in [1.82, 2.24) is 5.48 Å². The van der Waals surface area contributed by atoms with Gasteiger partial charge in [-0.05, 0) is 18.1 Å². The summed E-state index contributed by atoms with van der Waals surface area (Å²) in [6.07, 6.45) is 1.13. The summed E-state index contributed by atoms with van der Waals surface area (Å²) in [7, 11) is 1.43. The fraction of sp³-hybridized carbons (Fsp3) is 0.300. The summed E-state index contributed by atoms with van der Waals surface area (Å²) in [4.78, 5) is 15.6. The predicted molar refractivity (Wildman–Crippen MR) is 57.6 cm³/mol. The van der Waals surface area contributed by atoms with Crippen LogP contribution in [0, 0.1) is 0 Å². The van der Waals surface area contributed by atoms with E-state index in [2.05, 4.69) is 26.2 Å². The van der Waals surface area contributed by atoms with Crippen molar-refractivity contribution < 1.29 is 9.63 Å². The predicted octanol–water partition coefficient (Wildman–Crippen LogP) is 2.06. The SMILES string of the molecule is CONC(=O)CCc1ccccc1Br. The van der Waals surface area contributed by atoms with Gasteiger partial charge < -0.3 is 0 Å². The van der Waals surface area contributed by atoms with Gasteiger partial charge in [0.15, 0.2) is 0 Å². The molecule has 0 spiro atoms. The molecule has 0 aromatic heterocycles. The third kappa shape index (κ3) is 3.47. The van der Waals surface area contributed by atoms with Crippen molar-refractivity contribution in [2.24, 2.45) is 0 Å². The average molecular weight is 258 g/mol. The van der Waals surface area contributed by atoms with Crippen LogP contribution in [0.5, 0.6) is 0 Å². The zero-order valence-corrected chi connectivity index (χ0v) is 9.50. The zero-order chi connectivity index (χ0) is 10.4. The molecule has 0 saturated carbocycles. The summed E-state index contributed by atoms with van der Waals surface area (Å²) < 4.78 is 1.03. The highest BCUT2D eigenvalue weighted by atomic mass is 79.9. The van der Waals surface area contributed by atoms with Crippen LogP contribution in [-0.4, -0.2) is 13.0 Å². The number of hydroxylamine groups is 1. The molecule has 0 saturated heterocycles. The van der Waals surface area contributed by atoms with Crippen molar-refractivity contribution in [2.45, 2.75) is 12.8 Å². The molecule has 0 aliphatic carbocycles. The molecule has 4 heteroatoms. The first-order chi connectivity index (χ1) is 6.74. The van der Waals surface area contributed by atoms with Crippen LogP contribution >= 0.6 is 15.9 Å². The Kier molecular flexibility index (Phi) is 4.62. The largest absolute Gasteiger partial charge is 0.277 e. The highest BCUT2D eigenvalue weighted by Crippen LogP contribution is 2.17. The van der Waals surface area contributed by atoms with Gasteiger partial charge in [0.1, 0.15) is 0 Å². The Labute approximate surface area is 91.5 Å². The molecule has 0 unspecified atom stereocenters. The third-order valence-corrected chi connectivity index (χ3v) is 2.57. The number of carbonyl (C=O) groups is 1. The van der Waals surface area contributed by atoms with E-state index in [-0.39, 0.29) is 5.91 Å². The molecule has 1 amide bonds. The van der Waals surface area contributed by atoms with Crippen LogP contribution in [0.4, 0.5) is 0 Å². The summed E-state index contributed by atoms with van der Waals surface area (Å²) in [6.45, 7) is 0. The Balaban J connectivity index is 2.46. The molecule has 14 heavy (non-hydrogen) atoms. The first kappa shape index (κ1) is 11.2. The van der Waals surface area contributed by atoms with E-state index in [4.69, 9.17) is 0 Å². The van der Waals surface area contributed by atoms with Crippen LogP contribution < -0.4 is 5.48 Å². The summed E-state index contributed by atoms with van der Waals surface area (Å²) in [5.41, 5.74) is 3.40. The molecule has 1 rings (SSSR count). The lowest BCUT2D eigenvalue weighted by Gasteiger charge is -2.03. The van der Waals surface area contributed by atoms with E-state index in [1.807, 2.05) is 24.3 Å². The Hall–Kier alpha value is -0.870. The second-order valence-electron chi connectivity index (χ2n) is 2.82. The molecule has 0 bridgehead atoms. The standard InChI is InChI=1S/C10H12BrNO2/c1-14-12-10(13)7-6-8-4-2-3-5-9(8)11/h2-5H,6-7H2,1H3,(H,12,13). The lowest BCUT2D eigenvalue weighted by molar-refractivity contribution is -0.131. The third-order valence-electron chi connectivity index (χ3n) is 1.80. The molecule has 0 radical (unpaired) electrons. The van der Waals surface area contributed by atoms with Gasteiger partial charge in [-0.2, -0.15) is 0 Å². The second-order valence-corrected chi connectivity index (χ2v) is 3.68. The van der Waals surface area contributed by atoms with E-state index in [0.717, 1.165) is 10.0 Å². The van der Waals surface area contributed by atoms with Crippen molar-refractivity contribution in [2.75, 3.05) is 7.11 Å². The van der Waals surface area contributed by atoms with Crippen molar-refractivity contribution in [1.29, 1.82) is 0 Å². The minimum absolute atomic E-state index is 0.108. The normalized spacial score (nSPS) is 9.86. The lowest BCUT2D eigenvalue weighted by atomic mass is 10.1. The van der Waals surface area contributed by atoms with Crippen LogP contribution in [0.1, 0.15) is 12.0 Å². The van der Waals surface area contributed by atoms with Crippen LogP contribution in [0.2, 0.25) is 0 Å². The highest BCUT2D eigenvalue weighted by Gasteiger charge is 2.03. The molecule has 0 fully saturated rings. The van der Waals surface area contributed by atoms with Crippen LogP contribution in [0.3, 0.4) is 0 Å². The summed E-state index contributed by atoms with van der Waals surface area (Å²) in [5.74, 6) is -0.108. The summed E-state index contributed by atoms with van der Waals surface area (Å²) in [5, 5.41) is 0. The maximum atomic E-state index is 11.1. The van der Waals surface area contributed by atoms with Crippen LogP contribution in [-0.2, 0) is 16.1 Å². The van der Waals surface area contributed by atoms with E-state index in [0.29, 0.717) is 12.8 Å². The van der Waals surface area contributed by atoms with E-state index < -0.39 is 0 Å². The zero-order valence-electron chi connectivity index (χ0n) is 7.92. The van der Waals surface area contributed by atoms with Gasteiger partial charge in [0.25, 0.3) is 0 Å². The Morgan fingerprint density at radius 3 is 2.86 bits per heavy atom. The number of benzene rings is 1. The minimum Gasteiger partial charge on any atom is -0.277 e. The molecule has 0 aliphatic heterocycles. The molecule has 0 aliphatic rings. The van der Waals surface area contributed by atoms with Gasteiger partial charge in [-0.15, -0.1) is 0 Å². The average Bonchev–Trinajstić information content (AvgIpc) is 2.17. The number of nitrogens with one attached hydrogen (secondary N) is 1. The number of hydrogen-bond acceptors (Lipinski definition) is 2. The molecular formula is C10H12BrNO2. The van der Waals surface area contributed by atoms with Gasteiger partial charge in [-0.3, -0.25) is 9.63 Å². The van der Waals surface area contributed by atoms with E-state index in [1.54, 1.807) is 0 Å². The van der Waals surface area contributed by atoms with Crippen molar-refractivity contribution >= 4 is 21.8 Å². The maximum Gasteiger partial charge on any atom is 0.243 e. The Morgan fingerprint density at radius 1 is 1.50 bits per heavy atom. The first-order valence-corrected chi connectivity index (χ1v) is 5.08. The van der Waals surface area contributed by atoms with Gasteiger partial charge in [0.05, 0.1) is 7.11 Å². The van der Waals surface area contributed by atoms with Gasteiger partial charge in [0, 0.05) is 10.9 Å². The summed E-state index contributed by atoms with van der Waals surface area (Å²) >= 11 is 3.42. The quantitative estimate of drug-likeness (QED) is 0.839. The summed E-state index contributed by atoms with van der Waals surface area (Å²) in [6, 6.07) is 7.85. The minimum atomic E-state index is -0.108. The number of hydrogen-bond donors (Lipinski definition) is 1. The van der Waals surface area contributed by atoms with Gasteiger partial charge in [-0.1, -0.05) is 34.1 Å². The van der Waals surface area contributed by atoms with E-state index in [1.165, 1.54) is 7.11 Å².